The summed E-state index contributed by atoms with van der Waals surface area (Å²) >= 11 is 0. The van der Waals surface area contributed by atoms with Gasteiger partial charge in [-0.15, -0.1) is 0 Å². The van der Waals surface area contributed by atoms with E-state index in [0.717, 1.165) is 0 Å². The zero-order valence-corrected chi connectivity index (χ0v) is 12.7. The van der Waals surface area contributed by atoms with Gasteiger partial charge in [0, 0.05) is 31.1 Å². The Morgan fingerprint density at radius 2 is 2.12 bits per heavy atom. The topological polar surface area (TPSA) is 89.5 Å². The Bertz CT molecular complexity index is 1140. The second-order valence-corrected chi connectivity index (χ2v) is 5.28. The lowest BCUT2D eigenvalue weighted by molar-refractivity contribution is 0.102. The molecule has 4 rings (SSSR count). The van der Waals surface area contributed by atoms with Crippen molar-refractivity contribution < 1.29 is 9.21 Å². The number of oxazole rings is 1. The third kappa shape index (κ3) is 2.32. The fourth-order valence-corrected chi connectivity index (χ4v) is 2.50. The van der Waals surface area contributed by atoms with Gasteiger partial charge in [0.2, 0.25) is 0 Å². The number of carbonyl (C=O) groups is 1. The lowest BCUT2D eigenvalue weighted by Crippen LogP contribution is -2.26. The average molecular weight is 320 g/mol. The van der Waals surface area contributed by atoms with Crippen molar-refractivity contribution in [3.63, 3.8) is 0 Å². The van der Waals surface area contributed by atoms with Crippen molar-refractivity contribution in [2.45, 2.75) is 6.92 Å². The number of hydrogen-bond acceptors (Lipinski definition) is 5. The van der Waals surface area contributed by atoms with Crippen molar-refractivity contribution in [3.8, 4) is 0 Å². The molecule has 0 atom stereocenters. The number of hydrogen-bond donors (Lipinski definition) is 1. The van der Waals surface area contributed by atoms with Crippen LogP contribution in [0.3, 0.4) is 0 Å². The van der Waals surface area contributed by atoms with Crippen LogP contribution in [0.1, 0.15) is 16.2 Å². The summed E-state index contributed by atoms with van der Waals surface area (Å²) in [6, 6.07) is 10.3. The number of rotatable bonds is 2. The highest BCUT2D eigenvalue weighted by Crippen LogP contribution is 2.20. The molecule has 0 unspecified atom stereocenters. The zero-order chi connectivity index (χ0) is 16.7. The lowest BCUT2D eigenvalue weighted by Gasteiger charge is -2.06. The van der Waals surface area contributed by atoms with Gasteiger partial charge in [-0.3, -0.25) is 14.0 Å². The number of nitrogens with zero attached hydrogens (tertiary/aromatic N) is 3. The summed E-state index contributed by atoms with van der Waals surface area (Å²) in [5.41, 5.74) is 1.82. The Labute approximate surface area is 135 Å². The number of amides is 1. The highest BCUT2D eigenvalue weighted by Gasteiger charge is 2.14. The first-order valence-corrected chi connectivity index (χ1v) is 7.27. The van der Waals surface area contributed by atoms with Crippen molar-refractivity contribution in [3.05, 3.63) is 70.6 Å². The first-order chi connectivity index (χ1) is 11.6. The van der Waals surface area contributed by atoms with E-state index in [1.807, 2.05) is 0 Å². The van der Waals surface area contributed by atoms with Crippen LogP contribution in [-0.4, -0.2) is 20.3 Å². The minimum Gasteiger partial charge on any atom is -0.441 e. The molecular weight excluding hydrogens is 308 g/mol. The van der Waals surface area contributed by atoms with E-state index >= 15 is 0 Å². The van der Waals surface area contributed by atoms with Gasteiger partial charge in [0.1, 0.15) is 16.7 Å². The quantitative estimate of drug-likeness (QED) is 0.612. The molecule has 1 aromatic carbocycles. The summed E-state index contributed by atoms with van der Waals surface area (Å²) in [5, 5.41) is 2.69. The maximum absolute atomic E-state index is 12.4. The van der Waals surface area contributed by atoms with E-state index in [1.165, 1.54) is 10.6 Å². The molecule has 0 spiro atoms. The van der Waals surface area contributed by atoms with Crippen LogP contribution in [-0.2, 0) is 0 Å². The highest BCUT2D eigenvalue weighted by molar-refractivity contribution is 6.04. The van der Waals surface area contributed by atoms with Crippen LogP contribution in [0.5, 0.6) is 0 Å². The summed E-state index contributed by atoms with van der Waals surface area (Å²) in [6.45, 7) is 1.75. The van der Waals surface area contributed by atoms with Crippen LogP contribution in [0, 0.1) is 6.92 Å². The van der Waals surface area contributed by atoms with Crippen molar-refractivity contribution in [1.82, 2.24) is 14.4 Å². The molecule has 24 heavy (non-hydrogen) atoms. The van der Waals surface area contributed by atoms with Gasteiger partial charge in [0.05, 0.1) is 0 Å². The maximum atomic E-state index is 12.4. The first kappa shape index (κ1) is 14.1. The molecule has 4 aromatic rings. The maximum Gasteiger partial charge on any atom is 0.270 e. The monoisotopic (exact) mass is 320 g/mol. The third-order valence-corrected chi connectivity index (χ3v) is 3.61. The minimum absolute atomic E-state index is 0.0347. The van der Waals surface area contributed by atoms with Gasteiger partial charge in [-0.05, 0) is 24.3 Å². The average Bonchev–Trinajstić information content (AvgIpc) is 2.94. The van der Waals surface area contributed by atoms with Gasteiger partial charge in [-0.1, -0.05) is 6.07 Å². The Balaban J connectivity index is 1.70. The Hall–Kier alpha value is -3.48. The first-order valence-electron chi connectivity index (χ1n) is 7.27. The number of nitrogens with one attached hydrogen (secondary N) is 1. The van der Waals surface area contributed by atoms with Gasteiger partial charge >= 0.3 is 0 Å². The number of anilines is 1. The van der Waals surface area contributed by atoms with Crippen LogP contribution < -0.4 is 10.9 Å². The molecule has 3 aromatic heterocycles. The van der Waals surface area contributed by atoms with Crippen LogP contribution in [0.25, 0.3) is 16.7 Å². The van der Waals surface area contributed by atoms with Crippen molar-refractivity contribution in [2.75, 3.05) is 5.32 Å². The standard InChI is InChI=1S/C17H12N4O3/c1-10-19-13-6-5-11(8-14(13)24-10)20-16(22)12-9-18-15-4-2-3-7-21(15)17(12)23/h2-9H,1H3,(H,20,22). The smallest absolute Gasteiger partial charge is 0.270 e. The predicted octanol–water partition coefficient (Wildman–Crippen LogP) is 2.40. The molecule has 0 fully saturated rings. The molecule has 7 heteroatoms. The number of carbonyl (C=O) groups excluding carboxylic acids is 1. The summed E-state index contributed by atoms with van der Waals surface area (Å²) < 4.78 is 6.77. The second kappa shape index (κ2) is 5.31. The Kier molecular flexibility index (Phi) is 3.13. The summed E-state index contributed by atoms with van der Waals surface area (Å²) in [4.78, 5) is 33.1. The summed E-state index contributed by atoms with van der Waals surface area (Å²) in [5.74, 6) is 0.0202. The molecule has 1 N–H and O–H groups in total. The number of pyridine rings is 1. The highest BCUT2D eigenvalue weighted by atomic mass is 16.3. The number of aryl methyl sites for hydroxylation is 1. The van der Waals surface area contributed by atoms with Crippen molar-refractivity contribution >= 4 is 28.3 Å². The molecule has 0 aliphatic rings. The van der Waals surface area contributed by atoms with Gasteiger partial charge in [0.25, 0.3) is 11.5 Å². The fraction of sp³-hybridized carbons (Fsp3) is 0.0588. The van der Waals surface area contributed by atoms with Crippen LogP contribution in [0.4, 0.5) is 5.69 Å². The number of fused-ring (bicyclic) bond motifs is 2. The molecule has 118 valence electrons. The van der Waals surface area contributed by atoms with Crippen LogP contribution >= 0.6 is 0 Å². The molecule has 7 nitrogen and oxygen atoms in total. The Morgan fingerprint density at radius 3 is 3.00 bits per heavy atom. The largest absolute Gasteiger partial charge is 0.441 e. The van der Waals surface area contributed by atoms with Crippen molar-refractivity contribution in [2.24, 2.45) is 0 Å². The van der Waals surface area contributed by atoms with E-state index in [1.54, 1.807) is 49.5 Å². The molecule has 0 bridgehead atoms. The lowest BCUT2D eigenvalue weighted by atomic mass is 10.2. The molecule has 1 amide bonds. The second-order valence-electron chi connectivity index (χ2n) is 5.28. The Morgan fingerprint density at radius 1 is 1.25 bits per heavy atom. The van der Waals surface area contributed by atoms with Gasteiger partial charge in [-0.2, -0.15) is 0 Å². The molecule has 0 saturated heterocycles. The number of aromatic nitrogens is 3. The fourth-order valence-electron chi connectivity index (χ4n) is 2.50. The number of benzene rings is 1. The summed E-state index contributed by atoms with van der Waals surface area (Å²) in [6.07, 6.45) is 2.86. The normalized spacial score (nSPS) is 11.0. The van der Waals surface area contributed by atoms with Crippen molar-refractivity contribution in [1.29, 1.82) is 0 Å². The zero-order valence-electron chi connectivity index (χ0n) is 12.7. The molecule has 3 heterocycles. The molecule has 0 radical (unpaired) electrons. The van der Waals surface area contributed by atoms with E-state index in [4.69, 9.17) is 4.42 Å². The van der Waals surface area contributed by atoms with E-state index < -0.39 is 11.5 Å². The van der Waals surface area contributed by atoms with E-state index in [0.29, 0.717) is 28.3 Å². The third-order valence-electron chi connectivity index (χ3n) is 3.61. The van der Waals surface area contributed by atoms with Gasteiger partial charge in [-0.25, -0.2) is 9.97 Å². The van der Waals surface area contributed by atoms with Crippen LogP contribution in [0.2, 0.25) is 0 Å². The SMILES string of the molecule is Cc1nc2ccc(NC(=O)c3cnc4ccccn4c3=O)cc2o1. The van der Waals surface area contributed by atoms with E-state index in [9.17, 15) is 9.59 Å². The summed E-state index contributed by atoms with van der Waals surface area (Å²) in [7, 11) is 0. The van der Waals surface area contributed by atoms with Gasteiger partial charge in [0.15, 0.2) is 11.5 Å². The molecule has 0 aliphatic carbocycles. The van der Waals surface area contributed by atoms with Crippen LogP contribution in [0.15, 0.2) is 58.0 Å². The predicted molar refractivity (Wildman–Crippen MR) is 88.2 cm³/mol. The van der Waals surface area contributed by atoms with E-state index in [-0.39, 0.29) is 5.56 Å². The minimum atomic E-state index is -0.527. The molecular formula is C17H12N4O3. The molecule has 0 saturated carbocycles. The van der Waals surface area contributed by atoms with Gasteiger partial charge < -0.3 is 9.73 Å². The molecule has 0 aliphatic heterocycles. The van der Waals surface area contributed by atoms with E-state index in [2.05, 4.69) is 15.3 Å².